The summed E-state index contributed by atoms with van der Waals surface area (Å²) in [6.45, 7) is 3.77. The molecule has 2 aliphatic heterocycles. The maximum absolute atomic E-state index is 3.71. The molecule has 2 rings (SSSR count). The average Bonchev–Trinajstić information content (AvgIpc) is 2.59. The van der Waals surface area contributed by atoms with Gasteiger partial charge >= 0.3 is 0 Å². The highest BCUT2D eigenvalue weighted by Crippen LogP contribution is 2.20. The lowest BCUT2D eigenvalue weighted by atomic mass is 9.91. The van der Waals surface area contributed by atoms with Gasteiger partial charge in [0.25, 0.3) is 0 Å². The van der Waals surface area contributed by atoms with Crippen LogP contribution in [0.15, 0.2) is 0 Å². The van der Waals surface area contributed by atoms with Crippen molar-refractivity contribution in [3.8, 4) is 0 Å². The van der Waals surface area contributed by atoms with Crippen LogP contribution in [-0.2, 0) is 0 Å². The van der Waals surface area contributed by atoms with Crippen LogP contribution >= 0.6 is 0 Å². The van der Waals surface area contributed by atoms with E-state index in [0.717, 1.165) is 12.0 Å². The van der Waals surface area contributed by atoms with E-state index in [1.165, 1.54) is 77.4 Å². The monoisotopic (exact) mass is 224 g/mol. The molecule has 1 unspecified atom stereocenters. The highest BCUT2D eigenvalue weighted by Gasteiger charge is 2.15. The SMILES string of the molecule is C1CCNC(CCCC2CCNCC2)CC1. The standard InChI is InChI=1S/C14H28N2/c1-2-6-14(16-10-3-1)7-4-5-13-8-11-15-12-9-13/h13-16H,1-12H2. The van der Waals surface area contributed by atoms with Crippen LogP contribution < -0.4 is 10.6 Å². The quantitative estimate of drug-likeness (QED) is 0.767. The molecule has 0 spiro atoms. The van der Waals surface area contributed by atoms with E-state index in [4.69, 9.17) is 0 Å². The van der Waals surface area contributed by atoms with Crippen molar-refractivity contribution in [1.29, 1.82) is 0 Å². The van der Waals surface area contributed by atoms with Crippen molar-refractivity contribution in [1.82, 2.24) is 10.6 Å². The Morgan fingerprint density at radius 2 is 1.69 bits per heavy atom. The molecule has 2 nitrogen and oxygen atoms in total. The third-order valence-corrected chi connectivity index (χ3v) is 4.29. The van der Waals surface area contributed by atoms with Gasteiger partial charge in [-0.2, -0.15) is 0 Å². The number of nitrogens with one attached hydrogen (secondary N) is 2. The summed E-state index contributed by atoms with van der Waals surface area (Å²) >= 11 is 0. The fourth-order valence-corrected chi connectivity index (χ4v) is 3.17. The van der Waals surface area contributed by atoms with Crippen molar-refractivity contribution in [3.63, 3.8) is 0 Å². The van der Waals surface area contributed by atoms with Crippen LogP contribution in [-0.4, -0.2) is 25.7 Å². The maximum Gasteiger partial charge on any atom is 0.00670 e. The minimum atomic E-state index is 0.837. The van der Waals surface area contributed by atoms with Gasteiger partial charge in [0.2, 0.25) is 0 Å². The summed E-state index contributed by atoms with van der Waals surface area (Å²) in [4.78, 5) is 0. The fourth-order valence-electron chi connectivity index (χ4n) is 3.17. The van der Waals surface area contributed by atoms with E-state index < -0.39 is 0 Å². The lowest BCUT2D eigenvalue weighted by molar-refractivity contribution is 0.332. The molecule has 0 aromatic heterocycles. The molecule has 0 aromatic carbocycles. The van der Waals surface area contributed by atoms with Gasteiger partial charge in [-0.15, -0.1) is 0 Å². The molecule has 2 fully saturated rings. The van der Waals surface area contributed by atoms with E-state index in [0.29, 0.717) is 0 Å². The molecule has 0 saturated carbocycles. The Labute approximate surface area is 101 Å². The van der Waals surface area contributed by atoms with E-state index in [-0.39, 0.29) is 0 Å². The predicted molar refractivity (Wildman–Crippen MR) is 69.7 cm³/mol. The molecule has 0 aromatic rings. The van der Waals surface area contributed by atoms with E-state index in [9.17, 15) is 0 Å². The van der Waals surface area contributed by atoms with E-state index in [1.54, 1.807) is 0 Å². The summed E-state index contributed by atoms with van der Waals surface area (Å²) in [7, 11) is 0. The number of hydrogen-bond acceptors (Lipinski definition) is 2. The first-order valence-electron chi connectivity index (χ1n) is 7.39. The second-order valence-corrected chi connectivity index (χ2v) is 5.62. The summed E-state index contributed by atoms with van der Waals surface area (Å²) in [5.41, 5.74) is 0. The Hall–Kier alpha value is -0.0800. The van der Waals surface area contributed by atoms with Crippen LogP contribution in [0.1, 0.15) is 57.8 Å². The normalized spacial score (nSPS) is 28.9. The van der Waals surface area contributed by atoms with Crippen molar-refractivity contribution in [2.24, 2.45) is 5.92 Å². The van der Waals surface area contributed by atoms with Crippen LogP contribution in [0.2, 0.25) is 0 Å². The van der Waals surface area contributed by atoms with Gasteiger partial charge in [-0.3, -0.25) is 0 Å². The molecule has 1 atom stereocenters. The van der Waals surface area contributed by atoms with E-state index in [2.05, 4.69) is 10.6 Å². The van der Waals surface area contributed by atoms with Gasteiger partial charge in [0.05, 0.1) is 0 Å². The molecule has 0 amide bonds. The van der Waals surface area contributed by atoms with Gasteiger partial charge < -0.3 is 10.6 Å². The Kier molecular flexibility index (Phi) is 5.64. The predicted octanol–water partition coefficient (Wildman–Crippen LogP) is 2.69. The molecule has 0 bridgehead atoms. The van der Waals surface area contributed by atoms with Crippen molar-refractivity contribution < 1.29 is 0 Å². The molecule has 2 N–H and O–H groups in total. The number of rotatable bonds is 4. The first-order chi connectivity index (χ1) is 7.95. The second-order valence-electron chi connectivity index (χ2n) is 5.62. The molecule has 2 heterocycles. The number of hydrogen-bond donors (Lipinski definition) is 2. The largest absolute Gasteiger partial charge is 0.317 e. The topological polar surface area (TPSA) is 24.1 Å². The van der Waals surface area contributed by atoms with E-state index in [1.807, 2.05) is 0 Å². The maximum atomic E-state index is 3.71. The van der Waals surface area contributed by atoms with Gasteiger partial charge in [-0.1, -0.05) is 25.7 Å². The minimum absolute atomic E-state index is 0.837. The van der Waals surface area contributed by atoms with Gasteiger partial charge in [-0.05, 0) is 57.7 Å². The third kappa shape index (κ3) is 4.42. The van der Waals surface area contributed by atoms with Gasteiger partial charge in [0, 0.05) is 6.04 Å². The van der Waals surface area contributed by atoms with Crippen molar-refractivity contribution >= 4 is 0 Å². The summed E-state index contributed by atoms with van der Waals surface area (Å²) in [5.74, 6) is 1.02. The molecule has 16 heavy (non-hydrogen) atoms. The van der Waals surface area contributed by atoms with Gasteiger partial charge in [0.1, 0.15) is 0 Å². The molecule has 94 valence electrons. The number of piperidine rings is 1. The summed E-state index contributed by atoms with van der Waals surface area (Å²) in [6.07, 6.45) is 12.9. The van der Waals surface area contributed by atoms with Crippen LogP contribution in [0.4, 0.5) is 0 Å². The van der Waals surface area contributed by atoms with Gasteiger partial charge in [0.15, 0.2) is 0 Å². The van der Waals surface area contributed by atoms with Crippen molar-refractivity contribution in [2.75, 3.05) is 19.6 Å². The van der Waals surface area contributed by atoms with Crippen LogP contribution in [0.5, 0.6) is 0 Å². The summed E-state index contributed by atoms with van der Waals surface area (Å²) in [6, 6.07) is 0.837. The molecule has 2 aliphatic rings. The Bertz CT molecular complexity index is 168. The highest BCUT2D eigenvalue weighted by molar-refractivity contribution is 4.73. The van der Waals surface area contributed by atoms with Crippen molar-refractivity contribution in [2.45, 2.75) is 63.8 Å². The van der Waals surface area contributed by atoms with Crippen LogP contribution in [0, 0.1) is 5.92 Å². The third-order valence-electron chi connectivity index (χ3n) is 4.29. The van der Waals surface area contributed by atoms with Crippen LogP contribution in [0.25, 0.3) is 0 Å². The highest BCUT2D eigenvalue weighted by atomic mass is 14.9. The fraction of sp³-hybridized carbons (Fsp3) is 1.00. The smallest absolute Gasteiger partial charge is 0.00670 e. The second kappa shape index (κ2) is 7.29. The lowest BCUT2D eigenvalue weighted by Gasteiger charge is -2.23. The first-order valence-corrected chi connectivity index (χ1v) is 7.39. The zero-order chi connectivity index (χ0) is 11.1. The summed E-state index contributed by atoms with van der Waals surface area (Å²) in [5, 5.41) is 7.16. The van der Waals surface area contributed by atoms with Gasteiger partial charge in [-0.25, -0.2) is 0 Å². The van der Waals surface area contributed by atoms with Crippen LogP contribution in [0.3, 0.4) is 0 Å². The molecule has 2 heteroatoms. The Morgan fingerprint density at radius 1 is 0.812 bits per heavy atom. The first kappa shape index (κ1) is 12.4. The van der Waals surface area contributed by atoms with Crippen molar-refractivity contribution in [3.05, 3.63) is 0 Å². The molecule has 0 radical (unpaired) electrons. The molecule has 0 aliphatic carbocycles. The molecule has 2 saturated heterocycles. The summed E-state index contributed by atoms with van der Waals surface area (Å²) < 4.78 is 0. The Morgan fingerprint density at radius 3 is 2.56 bits per heavy atom. The average molecular weight is 224 g/mol. The lowest BCUT2D eigenvalue weighted by Crippen LogP contribution is -2.29. The minimum Gasteiger partial charge on any atom is -0.317 e. The zero-order valence-corrected chi connectivity index (χ0v) is 10.6. The zero-order valence-electron chi connectivity index (χ0n) is 10.6. The van der Waals surface area contributed by atoms with E-state index >= 15 is 0 Å². The Balaban J connectivity index is 1.55. The molecular formula is C14H28N2. The molecular weight excluding hydrogens is 196 g/mol.